The van der Waals surface area contributed by atoms with Gasteiger partial charge in [0.1, 0.15) is 0 Å². The number of rotatable bonds is 5. The molecule has 0 unspecified atom stereocenters. The lowest BCUT2D eigenvalue weighted by Crippen LogP contribution is -2.29. The lowest BCUT2D eigenvalue weighted by Gasteiger charge is -2.04. The highest BCUT2D eigenvalue weighted by Crippen LogP contribution is 2.11. The number of pyridine rings is 1. The van der Waals surface area contributed by atoms with Gasteiger partial charge in [-0.2, -0.15) is 0 Å². The average Bonchev–Trinajstić information content (AvgIpc) is 2.38. The molecule has 0 aliphatic carbocycles. The van der Waals surface area contributed by atoms with Gasteiger partial charge >= 0.3 is 0 Å². The largest absolute Gasteiger partial charge is 0.370 e. The second-order valence-corrected chi connectivity index (χ2v) is 4.24. The molecule has 0 radical (unpaired) electrons. The van der Waals surface area contributed by atoms with Crippen molar-refractivity contribution in [3.05, 3.63) is 42.1 Å². The Morgan fingerprint density at radius 3 is 2.74 bits per heavy atom. The first-order valence-corrected chi connectivity index (χ1v) is 6.05. The van der Waals surface area contributed by atoms with E-state index in [0.29, 0.717) is 5.69 Å². The van der Waals surface area contributed by atoms with Crippen LogP contribution in [0.3, 0.4) is 0 Å². The summed E-state index contributed by atoms with van der Waals surface area (Å²) in [6.45, 7) is 0.266. The van der Waals surface area contributed by atoms with Crippen molar-refractivity contribution >= 4 is 22.7 Å². The summed E-state index contributed by atoms with van der Waals surface area (Å²) in [5.74, 6) is -0.590. The van der Waals surface area contributed by atoms with Gasteiger partial charge in [-0.15, -0.1) is 0 Å². The Kier molecular flexibility index (Phi) is 4.07. The van der Waals surface area contributed by atoms with E-state index >= 15 is 0 Å². The fourth-order valence-electron chi connectivity index (χ4n) is 1.76. The number of carbonyl (C=O) groups excluding carboxylic acids is 2. The Bertz CT molecular complexity index is 610. The van der Waals surface area contributed by atoms with Crippen LogP contribution in [0.1, 0.15) is 12.1 Å². The van der Waals surface area contributed by atoms with E-state index in [1.807, 2.05) is 36.4 Å². The number of amides is 2. The molecule has 0 saturated heterocycles. The minimum absolute atomic E-state index is 0.150. The van der Waals surface area contributed by atoms with Crippen LogP contribution < -0.4 is 11.1 Å². The third kappa shape index (κ3) is 3.77. The Balaban J connectivity index is 1.97. The number of carbonyl (C=O) groups is 2. The fourth-order valence-corrected chi connectivity index (χ4v) is 1.76. The summed E-state index contributed by atoms with van der Waals surface area (Å²) in [5.41, 5.74) is 6.56. The highest BCUT2D eigenvalue weighted by Gasteiger charge is 2.05. The number of nitrogens with one attached hydrogen (secondary N) is 1. The molecule has 19 heavy (non-hydrogen) atoms. The van der Waals surface area contributed by atoms with Crippen molar-refractivity contribution in [1.29, 1.82) is 0 Å². The van der Waals surface area contributed by atoms with E-state index in [9.17, 15) is 9.59 Å². The molecule has 0 fully saturated rings. The van der Waals surface area contributed by atoms with Crippen LogP contribution in [-0.4, -0.2) is 23.3 Å². The van der Waals surface area contributed by atoms with Crippen LogP contribution in [-0.2, 0) is 16.0 Å². The van der Waals surface area contributed by atoms with Gasteiger partial charge in [-0.3, -0.25) is 14.6 Å². The van der Waals surface area contributed by atoms with E-state index < -0.39 is 5.91 Å². The van der Waals surface area contributed by atoms with Crippen LogP contribution in [0.25, 0.3) is 10.9 Å². The lowest BCUT2D eigenvalue weighted by atomic mass is 10.2. The van der Waals surface area contributed by atoms with Gasteiger partial charge in [0.25, 0.3) is 0 Å². The molecule has 5 nitrogen and oxygen atoms in total. The number of para-hydroxylation sites is 1. The van der Waals surface area contributed by atoms with Gasteiger partial charge in [-0.1, -0.05) is 24.3 Å². The molecule has 1 aromatic carbocycles. The summed E-state index contributed by atoms with van der Waals surface area (Å²) in [5, 5.41) is 3.67. The monoisotopic (exact) mass is 257 g/mol. The maximum atomic E-state index is 11.6. The molecule has 0 atom stereocenters. The molecular formula is C14H15N3O2. The third-order valence-electron chi connectivity index (χ3n) is 2.69. The molecule has 1 aromatic heterocycles. The molecule has 0 spiro atoms. The minimum Gasteiger partial charge on any atom is -0.370 e. The summed E-state index contributed by atoms with van der Waals surface area (Å²) in [6.07, 6.45) is 0.348. The molecule has 5 heteroatoms. The predicted molar refractivity (Wildman–Crippen MR) is 72.3 cm³/mol. The normalized spacial score (nSPS) is 10.3. The number of fused-ring (bicyclic) bond motifs is 1. The zero-order valence-corrected chi connectivity index (χ0v) is 10.4. The number of hydrogen-bond acceptors (Lipinski definition) is 3. The zero-order valence-electron chi connectivity index (χ0n) is 10.4. The smallest absolute Gasteiger partial charge is 0.226 e. The number of aromatic nitrogens is 1. The number of hydrogen-bond donors (Lipinski definition) is 2. The van der Waals surface area contributed by atoms with E-state index in [1.165, 1.54) is 0 Å². The van der Waals surface area contributed by atoms with Crippen molar-refractivity contribution in [3.8, 4) is 0 Å². The van der Waals surface area contributed by atoms with Gasteiger partial charge in [0.05, 0.1) is 17.6 Å². The van der Waals surface area contributed by atoms with Crippen LogP contribution in [0.5, 0.6) is 0 Å². The molecule has 98 valence electrons. The molecule has 3 N–H and O–H groups in total. The van der Waals surface area contributed by atoms with Crippen molar-refractivity contribution in [2.24, 2.45) is 5.73 Å². The zero-order chi connectivity index (χ0) is 13.7. The van der Waals surface area contributed by atoms with Crippen LogP contribution in [0, 0.1) is 0 Å². The van der Waals surface area contributed by atoms with Crippen molar-refractivity contribution in [1.82, 2.24) is 10.3 Å². The van der Waals surface area contributed by atoms with Gasteiger partial charge in [-0.05, 0) is 12.1 Å². The Morgan fingerprint density at radius 1 is 1.16 bits per heavy atom. The van der Waals surface area contributed by atoms with Gasteiger partial charge < -0.3 is 11.1 Å². The molecule has 2 aromatic rings. The van der Waals surface area contributed by atoms with Crippen LogP contribution in [0.4, 0.5) is 0 Å². The summed E-state index contributed by atoms with van der Waals surface area (Å²) < 4.78 is 0. The summed E-state index contributed by atoms with van der Waals surface area (Å²) in [6, 6.07) is 11.5. The van der Waals surface area contributed by atoms with E-state index in [-0.39, 0.29) is 25.3 Å². The number of nitrogens with zero attached hydrogens (tertiary/aromatic N) is 1. The van der Waals surface area contributed by atoms with E-state index in [2.05, 4.69) is 10.3 Å². The molecule has 0 bridgehead atoms. The van der Waals surface area contributed by atoms with Gasteiger partial charge in [0.2, 0.25) is 11.8 Å². The topological polar surface area (TPSA) is 85.1 Å². The maximum absolute atomic E-state index is 11.6. The summed E-state index contributed by atoms with van der Waals surface area (Å²) >= 11 is 0. The Hall–Kier alpha value is -2.43. The van der Waals surface area contributed by atoms with Gasteiger partial charge in [0, 0.05) is 18.4 Å². The molecule has 2 amide bonds. The molecule has 0 saturated carbocycles. The highest BCUT2D eigenvalue weighted by atomic mass is 16.2. The van der Waals surface area contributed by atoms with E-state index in [0.717, 1.165) is 10.9 Å². The highest BCUT2D eigenvalue weighted by molar-refractivity contribution is 5.82. The Morgan fingerprint density at radius 2 is 1.95 bits per heavy atom. The van der Waals surface area contributed by atoms with Gasteiger partial charge in [-0.25, -0.2) is 0 Å². The summed E-state index contributed by atoms with van der Waals surface area (Å²) in [7, 11) is 0. The van der Waals surface area contributed by atoms with Crippen LogP contribution >= 0.6 is 0 Å². The molecular weight excluding hydrogens is 242 g/mol. The molecule has 0 aliphatic heterocycles. The standard InChI is InChI=1S/C14H15N3O2/c15-13(18)7-8-16-14(19)9-11-6-5-10-3-1-2-4-12(10)17-11/h1-6H,7-9H2,(H2,15,18)(H,16,19). The maximum Gasteiger partial charge on any atom is 0.226 e. The van der Waals surface area contributed by atoms with Crippen LogP contribution in [0.15, 0.2) is 36.4 Å². The SMILES string of the molecule is NC(=O)CCNC(=O)Cc1ccc2ccccc2n1. The van der Waals surface area contributed by atoms with Crippen LogP contribution in [0.2, 0.25) is 0 Å². The van der Waals surface area contributed by atoms with E-state index in [1.54, 1.807) is 0 Å². The average molecular weight is 257 g/mol. The summed E-state index contributed by atoms with van der Waals surface area (Å²) in [4.78, 5) is 26.6. The predicted octanol–water partition coefficient (Wildman–Crippen LogP) is 0.769. The quantitative estimate of drug-likeness (QED) is 0.829. The first kappa shape index (κ1) is 13.0. The third-order valence-corrected chi connectivity index (χ3v) is 2.69. The van der Waals surface area contributed by atoms with Gasteiger partial charge in [0.15, 0.2) is 0 Å². The first-order valence-electron chi connectivity index (χ1n) is 6.05. The van der Waals surface area contributed by atoms with Crippen molar-refractivity contribution in [2.45, 2.75) is 12.8 Å². The second kappa shape index (κ2) is 5.95. The van der Waals surface area contributed by atoms with Crippen molar-refractivity contribution < 1.29 is 9.59 Å². The Labute approximate surface area is 110 Å². The first-order chi connectivity index (χ1) is 9.15. The number of primary amides is 1. The minimum atomic E-state index is -0.427. The number of benzene rings is 1. The van der Waals surface area contributed by atoms with Crippen molar-refractivity contribution in [3.63, 3.8) is 0 Å². The van der Waals surface area contributed by atoms with Crippen molar-refractivity contribution in [2.75, 3.05) is 6.54 Å². The second-order valence-electron chi connectivity index (χ2n) is 4.24. The molecule has 0 aliphatic rings. The fraction of sp³-hybridized carbons (Fsp3) is 0.214. The lowest BCUT2D eigenvalue weighted by molar-refractivity contribution is -0.120. The number of nitrogens with two attached hydrogens (primary N) is 1. The molecule has 1 heterocycles. The van der Waals surface area contributed by atoms with E-state index in [4.69, 9.17) is 5.73 Å². The molecule has 2 rings (SSSR count).